The Labute approximate surface area is 112 Å². The van der Waals surface area contributed by atoms with E-state index in [9.17, 15) is 4.79 Å². The predicted octanol–water partition coefficient (Wildman–Crippen LogP) is -3.25. The van der Waals surface area contributed by atoms with E-state index >= 15 is 0 Å². The molecule has 1 N–H and O–H groups in total. The number of hydrogen-bond acceptors (Lipinski definition) is 5. The summed E-state index contributed by atoms with van der Waals surface area (Å²) < 4.78 is 34.1. The van der Waals surface area contributed by atoms with Crippen LogP contribution in [0.25, 0.3) is 0 Å². The van der Waals surface area contributed by atoms with Gasteiger partial charge in [0.2, 0.25) is 5.91 Å². The van der Waals surface area contributed by atoms with Crippen molar-refractivity contribution in [3.63, 3.8) is 0 Å². The van der Waals surface area contributed by atoms with Crippen molar-refractivity contribution in [2.75, 3.05) is 6.54 Å². The zero-order valence-corrected chi connectivity index (χ0v) is 11.7. The average Bonchev–Trinajstić information content (AvgIpc) is 2.01. The molecule has 0 rings (SSSR count). The first-order valence-corrected chi connectivity index (χ1v) is 5.21. The summed E-state index contributed by atoms with van der Waals surface area (Å²) in [7, 11) is -5.17. The summed E-state index contributed by atoms with van der Waals surface area (Å²) in [5.41, 5.74) is 0. The molecule has 1 amide bonds. The van der Waals surface area contributed by atoms with Crippen LogP contribution in [0.3, 0.4) is 0 Å². The van der Waals surface area contributed by atoms with Crippen molar-refractivity contribution in [3.05, 3.63) is 12.7 Å². The van der Waals surface area contributed by atoms with Crippen LogP contribution in [0.1, 0.15) is 19.8 Å². The Morgan fingerprint density at radius 2 is 1.87 bits per heavy atom. The Balaban J connectivity index is -0.000000208. The molecule has 6 nitrogen and oxygen atoms in total. The van der Waals surface area contributed by atoms with Gasteiger partial charge in [0.25, 0.3) is 0 Å². The number of unbranched alkanes of at least 4 members (excludes halogenated alkanes) is 1. The van der Waals surface area contributed by atoms with E-state index in [0.29, 0.717) is 0 Å². The molecule has 8 heteroatoms. The molecule has 0 aliphatic rings. The second-order valence-electron chi connectivity index (χ2n) is 2.26. The molecular weight excluding hydrogens is 233 g/mol. The van der Waals surface area contributed by atoms with Crippen LogP contribution in [0, 0.1) is 0 Å². The summed E-state index contributed by atoms with van der Waals surface area (Å²) in [6.07, 6.45) is 3.44. The third kappa shape index (κ3) is 41.0. The van der Waals surface area contributed by atoms with Gasteiger partial charge >= 0.3 is 29.6 Å². The first kappa shape index (κ1) is 20.5. The smallest absolute Gasteiger partial charge is 0.759 e. The molecular formula is C7H13NNaO5S-. The van der Waals surface area contributed by atoms with Crippen molar-refractivity contribution >= 4 is 16.3 Å². The van der Waals surface area contributed by atoms with Gasteiger partial charge in [0.15, 0.2) is 0 Å². The van der Waals surface area contributed by atoms with Gasteiger partial charge in [-0.3, -0.25) is 13.2 Å². The summed E-state index contributed by atoms with van der Waals surface area (Å²) in [6, 6.07) is 0. The maximum absolute atomic E-state index is 10.5. The molecule has 0 bridgehead atoms. The van der Waals surface area contributed by atoms with E-state index < -0.39 is 10.4 Å². The van der Waals surface area contributed by atoms with Crippen LogP contribution < -0.4 is 34.9 Å². The zero-order chi connectivity index (χ0) is 11.6. The Morgan fingerprint density at radius 1 is 1.47 bits per heavy atom. The molecule has 0 saturated heterocycles. The van der Waals surface area contributed by atoms with Crippen molar-refractivity contribution in [2.45, 2.75) is 19.8 Å². The van der Waals surface area contributed by atoms with Crippen molar-refractivity contribution < 1.29 is 51.9 Å². The maximum Gasteiger partial charge on any atom is 1.00 e. The summed E-state index contributed by atoms with van der Waals surface area (Å²) in [5.74, 6) is -0.0801. The Morgan fingerprint density at radius 3 is 2.13 bits per heavy atom. The Bertz CT molecular complexity index is 257. The molecule has 84 valence electrons. The molecule has 0 fully saturated rings. The fourth-order valence-corrected chi connectivity index (χ4v) is 0.461. The molecule has 0 unspecified atom stereocenters. The molecule has 0 spiro atoms. The Hall–Kier alpha value is 0.0800. The molecule has 0 radical (unpaired) electrons. The zero-order valence-electron chi connectivity index (χ0n) is 8.86. The number of rotatable bonds is 4. The molecule has 0 atom stereocenters. The second kappa shape index (κ2) is 12.2. The van der Waals surface area contributed by atoms with Crippen LogP contribution in [0.2, 0.25) is 0 Å². The van der Waals surface area contributed by atoms with Crippen molar-refractivity contribution in [1.82, 2.24) is 5.32 Å². The first-order valence-electron chi connectivity index (χ1n) is 3.88. The van der Waals surface area contributed by atoms with E-state index in [2.05, 4.69) is 18.8 Å². The third-order valence-corrected chi connectivity index (χ3v) is 1.01. The molecule has 0 aliphatic carbocycles. The minimum Gasteiger partial charge on any atom is -0.759 e. The summed E-state index contributed by atoms with van der Waals surface area (Å²) in [4.78, 5) is 10.5. The second-order valence-corrected chi connectivity index (χ2v) is 3.07. The topological polar surface area (TPSA) is 109 Å². The predicted molar refractivity (Wildman–Crippen MR) is 48.6 cm³/mol. The Kier molecular flexibility index (Phi) is 16.6. The minimum atomic E-state index is -5.17. The summed E-state index contributed by atoms with van der Waals surface area (Å²) in [6.45, 7) is 6.18. The van der Waals surface area contributed by atoms with Crippen LogP contribution in [-0.4, -0.2) is 30.0 Å². The number of carbonyl (C=O) groups is 1. The monoisotopic (exact) mass is 246 g/mol. The minimum absolute atomic E-state index is 0. The van der Waals surface area contributed by atoms with Crippen LogP contribution in [-0.2, 0) is 15.2 Å². The summed E-state index contributed by atoms with van der Waals surface area (Å²) >= 11 is 0. The molecule has 0 aromatic carbocycles. The first-order chi connectivity index (χ1) is 6.31. The van der Waals surface area contributed by atoms with E-state index in [-0.39, 0.29) is 35.5 Å². The largest absolute Gasteiger partial charge is 1.00 e. The van der Waals surface area contributed by atoms with Crippen LogP contribution in [0.15, 0.2) is 12.7 Å². The van der Waals surface area contributed by atoms with Gasteiger partial charge in [-0.05, 0) is 12.5 Å². The van der Waals surface area contributed by atoms with Gasteiger partial charge < -0.3 is 14.4 Å². The third-order valence-electron chi connectivity index (χ3n) is 1.01. The SMILES string of the molecule is C=CC(=O)NCCCC.O=S(=O)([O-])[O-].[Na+]. The van der Waals surface area contributed by atoms with Gasteiger partial charge in [-0.15, -0.1) is 0 Å². The van der Waals surface area contributed by atoms with Gasteiger partial charge in [-0.1, -0.05) is 19.9 Å². The van der Waals surface area contributed by atoms with Gasteiger partial charge in [-0.25, -0.2) is 0 Å². The maximum atomic E-state index is 10.5. The quantitative estimate of drug-likeness (QED) is 0.184. The number of amides is 1. The van der Waals surface area contributed by atoms with Gasteiger partial charge in [0, 0.05) is 16.9 Å². The standard InChI is InChI=1S/C7H13NO.Na.H2O4S/c1-3-5-6-8-7(9)4-2;;1-5(2,3)4/h4H,2-3,5-6H2,1H3,(H,8,9);;(H2,1,2,3,4)/q;+1;/p-2. The molecule has 0 aliphatic heterocycles. The number of hydrogen-bond donors (Lipinski definition) is 1. The van der Waals surface area contributed by atoms with Crippen molar-refractivity contribution in [2.24, 2.45) is 0 Å². The van der Waals surface area contributed by atoms with Crippen LogP contribution in [0.5, 0.6) is 0 Å². The summed E-state index contributed by atoms with van der Waals surface area (Å²) in [5, 5.41) is 2.68. The average molecular weight is 246 g/mol. The molecule has 0 saturated carbocycles. The van der Waals surface area contributed by atoms with E-state index in [0.717, 1.165) is 19.4 Å². The fourth-order valence-electron chi connectivity index (χ4n) is 0.461. The van der Waals surface area contributed by atoms with Gasteiger partial charge in [0.05, 0.1) is 0 Å². The van der Waals surface area contributed by atoms with Gasteiger partial charge in [-0.2, -0.15) is 0 Å². The van der Waals surface area contributed by atoms with E-state index in [1.165, 1.54) is 6.08 Å². The van der Waals surface area contributed by atoms with Crippen LogP contribution in [0.4, 0.5) is 0 Å². The van der Waals surface area contributed by atoms with Crippen LogP contribution >= 0.6 is 0 Å². The molecule has 0 aromatic heterocycles. The van der Waals surface area contributed by atoms with E-state index in [4.69, 9.17) is 17.5 Å². The van der Waals surface area contributed by atoms with E-state index in [1.54, 1.807) is 0 Å². The molecule has 0 heterocycles. The molecule has 0 aromatic rings. The van der Waals surface area contributed by atoms with Crippen molar-refractivity contribution in [3.8, 4) is 0 Å². The normalized spacial score (nSPS) is 9.00. The van der Waals surface area contributed by atoms with Gasteiger partial charge in [0.1, 0.15) is 0 Å². The number of carbonyl (C=O) groups excluding carboxylic acids is 1. The molecule has 15 heavy (non-hydrogen) atoms. The fraction of sp³-hybridized carbons (Fsp3) is 0.571. The van der Waals surface area contributed by atoms with E-state index in [1.807, 2.05) is 0 Å². The van der Waals surface area contributed by atoms with Crippen molar-refractivity contribution in [1.29, 1.82) is 0 Å². The number of nitrogens with one attached hydrogen (secondary N) is 1.